The van der Waals surface area contributed by atoms with Gasteiger partial charge in [-0.25, -0.2) is 9.78 Å². The number of nitrogens with one attached hydrogen (secondary N) is 3. The molecule has 6 heterocycles. The molecule has 4 saturated heterocycles. The third-order valence-electron chi connectivity index (χ3n) is 15.8. The van der Waals surface area contributed by atoms with Gasteiger partial charge in [0, 0.05) is 37.0 Å². The van der Waals surface area contributed by atoms with Gasteiger partial charge in [-0.3, -0.25) is 14.6 Å². The molecule has 1 aliphatic carbocycles. The highest BCUT2D eigenvalue weighted by Gasteiger charge is 2.48. The van der Waals surface area contributed by atoms with Crippen LogP contribution in [0.1, 0.15) is 122 Å². The molecule has 2 aromatic carbocycles. The first kappa shape index (κ1) is 47.6. The van der Waals surface area contributed by atoms with E-state index in [1.807, 2.05) is 22.2 Å². The van der Waals surface area contributed by atoms with Gasteiger partial charge >= 0.3 is 6.09 Å². The fraction of sp³-hybridized carbons (Fsp3) is 0.574. The van der Waals surface area contributed by atoms with Gasteiger partial charge in [0.05, 0.1) is 56.5 Å². The normalized spacial score (nSPS) is 29.2. The molecule has 14 nitrogen and oxygen atoms in total. The molecular weight excluding hydrogens is 859 g/mol. The fourth-order valence-electron chi connectivity index (χ4n) is 11.8. The molecule has 3 N–H and O–H groups in total. The number of ether oxygens (including phenoxy) is 4. The first-order chi connectivity index (χ1) is 32.9. The number of imidazole rings is 1. The molecular formula is C54H71N7O7. The third kappa shape index (κ3) is 10.1. The van der Waals surface area contributed by atoms with Crippen molar-refractivity contribution in [2.75, 3.05) is 20.8 Å². The van der Waals surface area contributed by atoms with Gasteiger partial charge in [0.1, 0.15) is 17.9 Å². The number of allylic oxidation sites excluding steroid dienone is 1. The van der Waals surface area contributed by atoms with Crippen LogP contribution >= 0.6 is 0 Å². The Labute approximate surface area is 401 Å². The molecule has 14 heteroatoms. The zero-order chi connectivity index (χ0) is 47.6. The lowest BCUT2D eigenvalue weighted by Gasteiger charge is -2.40. The summed E-state index contributed by atoms with van der Waals surface area (Å²) in [5.74, 6) is 1.80. The summed E-state index contributed by atoms with van der Waals surface area (Å²) >= 11 is 0. The number of alkyl carbamates (subject to hydrolysis) is 1. The number of benzene rings is 2. The van der Waals surface area contributed by atoms with Crippen molar-refractivity contribution in [3.05, 3.63) is 84.8 Å². The topological polar surface area (TPSA) is 160 Å². The minimum atomic E-state index is -0.684. The number of methoxy groups -OCH3 is 2. The van der Waals surface area contributed by atoms with E-state index in [0.717, 1.165) is 109 Å². The van der Waals surface area contributed by atoms with Gasteiger partial charge < -0.3 is 44.4 Å². The van der Waals surface area contributed by atoms with Crippen molar-refractivity contribution in [3.8, 4) is 22.4 Å². The van der Waals surface area contributed by atoms with Crippen LogP contribution in [0, 0.1) is 17.8 Å². The van der Waals surface area contributed by atoms with Crippen LogP contribution in [-0.2, 0) is 28.5 Å². The van der Waals surface area contributed by atoms with E-state index < -0.39 is 18.2 Å². The van der Waals surface area contributed by atoms with Crippen LogP contribution < -0.4 is 10.6 Å². The van der Waals surface area contributed by atoms with Crippen molar-refractivity contribution in [1.82, 2.24) is 30.4 Å². The first-order valence-electron chi connectivity index (χ1n) is 25.2. The quantitative estimate of drug-likeness (QED) is 0.127. The molecule has 5 aliphatic heterocycles. The molecule has 5 fully saturated rings. The Kier molecular flexibility index (Phi) is 14.4. The largest absolute Gasteiger partial charge is 0.483 e. The number of nitrogens with zero attached hydrogens (tertiary/aromatic N) is 4. The van der Waals surface area contributed by atoms with Crippen LogP contribution in [0.2, 0.25) is 0 Å². The van der Waals surface area contributed by atoms with E-state index in [2.05, 4.69) is 98.4 Å². The Bertz CT molecular complexity index is 2360. The SMILES string of the molecule is C=C(N[C@H](C(=O)N1[C@@H](C)CC[C@H]1c1ncc(-c2ccc(-c3ccc(C4=CN=C([C@@H]5CC[C@H](C)N5C(=O)[C@@H](NC(=O)OC)[C@H]5C[C@@H](C)O[C@H](C6CC6)C5)C4)cc3)cc2)[nH]1)[C@H]1CCO[C@H](CC)C1)OC. The van der Waals surface area contributed by atoms with Crippen molar-refractivity contribution in [3.63, 3.8) is 0 Å². The maximum atomic E-state index is 14.6. The summed E-state index contributed by atoms with van der Waals surface area (Å²) < 4.78 is 22.7. The van der Waals surface area contributed by atoms with E-state index in [4.69, 9.17) is 28.9 Å². The van der Waals surface area contributed by atoms with Crippen LogP contribution in [-0.4, -0.2) is 113 Å². The number of aromatic amines is 1. The van der Waals surface area contributed by atoms with Crippen LogP contribution in [0.4, 0.5) is 4.79 Å². The van der Waals surface area contributed by atoms with Crippen molar-refractivity contribution >= 4 is 29.2 Å². The second kappa shape index (κ2) is 20.6. The van der Waals surface area contributed by atoms with Gasteiger partial charge in [-0.2, -0.15) is 0 Å². The number of hydrogen-bond acceptors (Lipinski definition) is 10. The maximum Gasteiger partial charge on any atom is 0.407 e. The molecule has 0 spiro atoms. The number of carbonyl (C=O) groups excluding carboxylic acids is 3. The average Bonchev–Trinajstić information content (AvgIpc) is 3.64. The highest BCUT2D eigenvalue weighted by Crippen LogP contribution is 2.43. The Hall–Kier alpha value is -5.47. The number of amides is 3. The molecule has 0 unspecified atom stereocenters. The Morgan fingerprint density at radius 2 is 1.41 bits per heavy atom. The van der Waals surface area contributed by atoms with E-state index in [1.165, 1.54) is 7.11 Å². The number of aliphatic imine (C=N–C) groups is 1. The van der Waals surface area contributed by atoms with Crippen LogP contribution in [0.25, 0.3) is 28.0 Å². The van der Waals surface area contributed by atoms with E-state index in [0.29, 0.717) is 31.2 Å². The summed E-state index contributed by atoms with van der Waals surface area (Å²) in [5.41, 5.74) is 7.33. The van der Waals surface area contributed by atoms with Crippen LogP contribution in [0.15, 0.2) is 78.4 Å². The molecule has 0 radical (unpaired) electrons. The minimum Gasteiger partial charge on any atom is -0.483 e. The standard InChI is InChI=1S/C54H71N7O7/c1-8-43-26-40(23-24-67-43)49(57-34(5)65-6)52(62)61-32(3)10-22-47(61)51-56-30-45(58-51)38-17-15-36(16-18-38)35-11-13-37(14-12-35)42-27-44(55-29-42)46-21-9-31(2)60(46)53(63)50(59-54(64)66-7)41-25-33(4)68-48(28-41)39-19-20-39/h11-18,29-33,39-41,43,46-50,57H,5,8-10,19-28H2,1-4,6-7H3,(H,56,58)(H,59,64)/t31-,32-,33+,40-,41-,43+,46-,47-,48-,49-,50-/m0/s1. The molecule has 0 bridgehead atoms. The summed E-state index contributed by atoms with van der Waals surface area (Å²) in [7, 11) is 2.92. The Morgan fingerprint density at radius 1 is 0.779 bits per heavy atom. The smallest absolute Gasteiger partial charge is 0.407 e. The lowest BCUT2D eigenvalue weighted by atomic mass is 9.83. The van der Waals surface area contributed by atoms with E-state index in [1.54, 1.807) is 7.11 Å². The average molecular weight is 930 g/mol. The number of carbonyl (C=O) groups is 3. The van der Waals surface area contributed by atoms with Gasteiger partial charge in [0.2, 0.25) is 11.8 Å². The summed E-state index contributed by atoms with van der Waals surface area (Å²) in [4.78, 5) is 59.2. The van der Waals surface area contributed by atoms with Gasteiger partial charge in [-0.15, -0.1) is 0 Å². The molecule has 1 aromatic heterocycles. The van der Waals surface area contributed by atoms with Crippen molar-refractivity contribution in [2.24, 2.45) is 22.7 Å². The van der Waals surface area contributed by atoms with Gasteiger partial charge in [-0.1, -0.05) is 55.5 Å². The molecule has 68 heavy (non-hydrogen) atoms. The minimum absolute atomic E-state index is 0.0220. The van der Waals surface area contributed by atoms with Gasteiger partial charge in [0.15, 0.2) is 5.88 Å². The second-order valence-electron chi connectivity index (χ2n) is 20.3. The summed E-state index contributed by atoms with van der Waals surface area (Å²) in [6.45, 7) is 13.1. The monoisotopic (exact) mass is 930 g/mol. The number of aromatic nitrogens is 2. The molecule has 3 amide bonds. The molecule has 6 aliphatic rings. The maximum absolute atomic E-state index is 14.6. The van der Waals surface area contributed by atoms with Crippen LogP contribution in [0.5, 0.6) is 0 Å². The molecule has 1 saturated carbocycles. The zero-order valence-electron chi connectivity index (χ0n) is 40.7. The number of H-pyrrole nitrogens is 1. The number of hydrogen-bond donors (Lipinski definition) is 3. The molecule has 364 valence electrons. The van der Waals surface area contributed by atoms with E-state index >= 15 is 0 Å². The third-order valence-corrected chi connectivity index (χ3v) is 15.8. The summed E-state index contributed by atoms with van der Waals surface area (Å²) in [6.07, 6.45) is 13.9. The van der Waals surface area contributed by atoms with E-state index in [-0.39, 0.29) is 66.1 Å². The van der Waals surface area contributed by atoms with Gasteiger partial charge in [-0.05, 0) is 144 Å². The molecule has 3 aromatic rings. The predicted octanol–water partition coefficient (Wildman–Crippen LogP) is 8.96. The number of likely N-dealkylation sites (tertiary alicyclic amines) is 2. The highest BCUT2D eigenvalue weighted by atomic mass is 16.5. The highest BCUT2D eigenvalue weighted by molar-refractivity contribution is 6.04. The molecule has 11 atom stereocenters. The predicted molar refractivity (Wildman–Crippen MR) is 262 cm³/mol. The fourth-order valence-corrected chi connectivity index (χ4v) is 11.8. The van der Waals surface area contributed by atoms with Crippen LogP contribution in [0.3, 0.4) is 0 Å². The second-order valence-corrected chi connectivity index (χ2v) is 20.3. The van der Waals surface area contributed by atoms with Crippen molar-refractivity contribution < 1.29 is 33.3 Å². The molecule has 9 rings (SSSR count). The number of rotatable bonds is 15. The summed E-state index contributed by atoms with van der Waals surface area (Å²) in [5, 5.41) is 6.29. The lowest BCUT2D eigenvalue weighted by molar-refractivity contribution is -0.140. The lowest BCUT2D eigenvalue weighted by Crippen LogP contribution is -2.57. The van der Waals surface area contributed by atoms with E-state index in [9.17, 15) is 14.4 Å². The Morgan fingerprint density at radius 3 is 2.06 bits per heavy atom. The van der Waals surface area contributed by atoms with Crippen molar-refractivity contribution in [1.29, 1.82) is 0 Å². The first-order valence-corrected chi connectivity index (χ1v) is 25.2. The summed E-state index contributed by atoms with van der Waals surface area (Å²) in [6, 6.07) is 15.7. The zero-order valence-corrected chi connectivity index (χ0v) is 40.7. The van der Waals surface area contributed by atoms with Gasteiger partial charge in [0.25, 0.3) is 0 Å². The Balaban J connectivity index is 0.836. The van der Waals surface area contributed by atoms with Crippen molar-refractivity contribution in [2.45, 2.75) is 159 Å².